The number of halogens is 3. The molecule has 0 amide bonds. The van der Waals surface area contributed by atoms with Gasteiger partial charge in [0, 0.05) is 5.82 Å². The molecular formula is C5H2BrF2NZn. The van der Waals surface area contributed by atoms with Gasteiger partial charge in [-0.25, -0.2) is 10.5 Å². The molecule has 50 valence electrons. The van der Waals surface area contributed by atoms with E-state index in [2.05, 4.69) is 24.7 Å². The molecule has 0 aliphatic heterocycles. The molecule has 0 bridgehead atoms. The fourth-order valence-corrected chi connectivity index (χ4v) is 0.326. The first-order chi connectivity index (χ1) is 4.80. The van der Waals surface area contributed by atoms with Crippen LogP contribution in [0.1, 0.15) is 0 Å². The van der Waals surface area contributed by atoms with Crippen LogP contribution in [0.3, 0.4) is 0 Å². The molecule has 0 saturated heterocycles. The van der Waals surface area contributed by atoms with Crippen molar-refractivity contribution in [1.29, 1.82) is 0 Å². The second-order valence-corrected chi connectivity index (χ2v) is 1.21. The second-order valence-electron chi connectivity index (χ2n) is 1.21. The molecule has 0 spiro atoms. The topological polar surface area (TPSA) is 12.9 Å². The summed E-state index contributed by atoms with van der Waals surface area (Å²) >= 11 is 4.25. The third-order valence-corrected chi connectivity index (χ3v) is 0.660. The zero-order valence-corrected chi connectivity index (χ0v) is 9.50. The number of rotatable bonds is 0. The average Bonchev–Trinajstić information content (AvgIpc) is 2.00. The molecule has 0 N–H and O–H groups in total. The third-order valence-electron chi connectivity index (χ3n) is 0.660. The second kappa shape index (κ2) is 5.87. The average molecular weight is 259 g/mol. The van der Waals surface area contributed by atoms with Crippen molar-refractivity contribution in [3.05, 3.63) is 30.1 Å². The molecule has 0 radical (unpaired) electrons. The first kappa shape index (κ1) is 10.1. The molecule has 0 fully saturated rings. The number of nitrogens with zero attached hydrogens (tertiary/aromatic N) is 1. The van der Waals surface area contributed by atoms with Gasteiger partial charge in [0.15, 0.2) is 5.95 Å². The Morgan fingerprint density at radius 1 is 1.50 bits per heavy atom. The number of aromatic nitrogens is 1. The predicted molar refractivity (Wildman–Crippen MR) is 31.9 cm³/mol. The Kier molecular flexibility index (Phi) is 5.93. The van der Waals surface area contributed by atoms with Crippen LogP contribution in [-0.4, -0.2) is 4.98 Å². The normalized spacial score (nSPS) is 8.10. The first-order valence-corrected chi connectivity index (χ1v) is 9.19. The van der Waals surface area contributed by atoms with E-state index in [9.17, 15) is 8.78 Å². The standard InChI is InChI=1S/C5H2F2N.BrH.Zn/c6-4-2-1-3-8-5(4)7;;/h2-3H;1H;/q-1;;+2/p-1. The van der Waals surface area contributed by atoms with E-state index in [0.29, 0.717) is 0 Å². The molecule has 1 rings (SSSR count). The third kappa shape index (κ3) is 3.32. The minimum absolute atomic E-state index is 0.891. The van der Waals surface area contributed by atoms with Gasteiger partial charge in [0.1, 0.15) is 0 Å². The maximum atomic E-state index is 11.8. The molecule has 0 aliphatic carbocycles. The van der Waals surface area contributed by atoms with E-state index in [4.69, 9.17) is 0 Å². The molecule has 0 aliphatic rings. The molecule has 0 unspecified atom stereocenters. The fourth-order valence-electron chi connectivity index (χ4n) is 0.326. The summed E-state index contributed by atoms with van der Waals surface area (Å²) in [6.07, 6.45) is 1.07. The van der Waals surface area contributed by atoms with Crippen molar-refractivity contribution < 1.29 is 25.1 Å². The molecule has 5 heteroatoms. The zero-order chi connectivity index (χ0) is 7.98. The van der Waals surface area contributed by atoms with Gasteiger partial charge in [-0.15, -0.1) is 0 Å². The van der Waals surface area contributed by atoms with Gasteiger partial charge in [-0.3, -0.25) is 4.98 Å². The Labute approximate surface area is 73.9 Å². The molecule has 0 aromatic carbocycles. The molecule has 1 heterocycles. The van der Waals surface area contributed by atoms with E-state index in [1.54, 1.807) is 0 Å². The van der Waals surface area contributed by atoms with Crippen LogP contribution in [0.15, 0.2) is 12.3 Å². The molecular weight excluding hydrogens is 257 g/mol. The molecule has 10 heavy (non-hydrogen) atoms. The summed E-state index contributed by atoms with van der Waals surface area (Å²) in [5, 5.41) is 0. The Balaban J connectivity index is 0.000000371. The Bertz CT molecular complexity index is 176. The van der Waals surface area contributed by atoms with Gasteiger partial charge in [-0.05, 0) is 0 Å². The van der Waals surface area contributed by atoms with Crippen molar-refractivity contribution in [2.75, 3.05) is 0 Å². The van der Waals surface area contributed by atoms with Crippen molar-refractivity contribution in [3.63, 3.8) is 0 Å². The van der Waals surface area contributed by atoms with E-state index in [0.717, 1.165) is 12.3 Å². The van der Waals surface area contributed by atoms with Crippen molar-refractivity contribution >= 4 is 13.6 Å². The summed E-state index contributed by atoms with van der Waals surface area (Å²) < 4.78 is 23.7. The van der Waals surface area contributed by atoms with E-state index >= 15 is 0 Å². The summed E-state index contributed by atoms with van der Waals surface area (Å²) in [5.41, 5.74) is 0. The Morgan fingerprint density at radius 2 is 2.10 bits per heavy atom. The van der Waals surface area contributed by atoms with E-state index in [1.807, 2.05) is 0 Å². The van der Waals surface area contributed by atoms with Crippen LogP contribution in [0.5, 0.6) is 0 Å². The molecule has 0 atom stereocenters. The van der Waals surface area contributed by atoms with Crippen LogP contribution in [-0.2, 0) is 16.3 Å². The molecule has 0 saturated carbocycles. The van der Waals surface area contributed by atoms with Gasteiger partial charge in [0.2, 0.25) is 0 Å². The maximum absolute atomic E-state index is 11.8. The summed E-state index contributed by atoms with van der Waals surface area (Å²) in [6.45, 7) is 0. The van der Waals surface area contributed by atoms with E-state index in [1.165, 1.54) is 16.3 Å². The van der Waals surface area contributed by atoms with Crippen molar-refractivity contribution in [2.24, 2.45) is 0 Å². The molecule has 1 aromatic rings. The summed E-state index contributed by atoms with van der Waals surface area (Å²) in [5.74, 6) is -2.05. The number of hydrogen-bond donors (Lipinski definition) is 0. The summed E-state index contributed by atoms with van der Waals surface area (Å²) in [6, 6.07) is 3.17. The van der Waals surface area contributed by atoms with E-state index < -0.39 is 11.8 Å². The van der Waals surface area contributed by atoms with Crippen LogP contribution in [0.2, 0.25) is 0 Å². The van der Waals surface area contributed by atoms with Gasteiger partial charge in [0.25, 0.3) is 0 Å². The van der Waals surface area contributed by atoms with E-state index in [-0.39, 0.29) is 0 Å². The van der Waals surface area contributed by atoms with Crippen LogP contribution in [0.4, 0.5) is 8.78 Å². The first-order valence-electron chi connectivity index (χ1n) is 2.24. The van der Waals surface area contributed by atoms with Gasteiger partial charge < -0.3 is 4.39 Å². The van der Waals surface area contributed by atoms with Crippen molar-refractivity contribution in [3.8, 4) is 0 Å². The number of pyridine rings is 1. The Morgan fingerprint density at radius 3 is 2.40 bits per heavy atom. The molecule has 1 nitrogen and oxygen atoms in total. The van der Waals surface area contributed by atoms with Crippen LogP contribution < -0.4 is 0 Å². The quantitative estimate of drug-likeness (QED) is 0.394. The Hall–Kier alpha value is 0.113. The van der Waals surface area contributed by atoms with Gasteiger partial charge in [0.05, 0.1) is 0 Å². The van der Waals surface area contributed by atoms with Crippen LogP contribution >= 0.6 is 13.6 Å². The summed E-state index contributed by atoms with van der Waals surface area (Å²) in [7, 11) is 0. The number of hydrogen-bond acceptors (Lipinski definition) is 1. The van der Waals surface area contributed by atoms with Gasteiger partial charge >= 0.3 is 30.0 Å². The zero-order valence-electron chi connectivity index (χ0n) is 4.94. The SMILES string of the molecule is Fc1c[c-]cnc1F.[Zn+][Br]. The van der Waals surface area contributed by atoms with Crippen molar-refractivity contribution in [1.82, 2.24) is 4.98 Å². The van der Waals surface area contributed by atoms with Crippen LogP contribution in [0.25, 0.3) is 0 Å². The van der Waals surface area contributed by atoms with Gasteiger partial charge in [-0.2, -0.15) is 6.07 Å². The minimum atomic E-state index is -1.08. The fraction of sp³-hybridized carbons (Fsp3) is 0. The monoisotopic (exact) mass is 257 g/mol. The van der Waals surface area contributed by atoms with Crippen LogP contribution in [0, 0.1) is 17.8 Å². The summed E-state index contributed by atoms with van der Waals surface area (Å²) in [4.78, 5) is 2.98. The van der Waals surface area contributed by atoms with Crippen molar-refractivity contribution in [2.45, 2.75) is 0 Å². The molecule has 1 aromatic heterocycles. The predicted octanol–water partition coefficient (Wildman–Crippen LogP) is 2.00. The van der Waals surface area contributed by atoms with Gasteiger partial charge in [-0.1, -0.05) is 6.20 Å².